The van der Waals surface area contributed by atoms with E-state index >= 15 is 0 Å². The highest BCUT2D eigenvalue weighted by Gasteiger charge is 2.34. The van der Waals surface area contributed by atoms with Gasteiger partial charge in [0.25, 0.3) is 5.91 Å². The van der Waals surface area contributed by atoms with E-state index in [0.29, 0.717) is 46.4 Å². The molecule has 0 saturated carbocycles. The summed E-state index contributed by atoms with van der Waals surface area (Å²) >= 11 is 0. The van der Waals surface area contributed by atoms with Crippen molar-refractivity contribution >= 4 is 23.6 Å². The molecule has 1 N–H and O–H groups in total. The highest BCUT2D eigenvalue weighted by Crippen LogP contribution is 2.35. The molecule has 2 amide bonds. The maximum atomic E-state index is 13.7. The lowest BCUT2D eigenvalue weighted by atomic mass is 10.1. The summed E-state index contributed by atoms with van der Waals surface area (Å²) in [6.45, 7) is 4.23. The minimum absolute atomic E-state index is 0.00782. The lowest BCUT2D eigenvalue weighted by Crippen LogP contribution is -2.27. The van der Waals surface area contributed by atoms with Gasteiger partial charge in [-0.2, -0.15) is 5.26 Å². The predicted molar refractivity (Wildman–Crippen MR) is 138 cm³/mol. The smallest absolute Gasteiger partial charge is 0.407 e. The Labute approximate surface area is 220 Å². The third kappa shape index (κ3) is 4.40. The molecule has 0 spiro atoms. The fraction of sp³-hybridized carbons (Fsp3) is 0.423. The van der Waals surface area contributed by atoms with Crippen molar-refractivity contribution in [2.24, 2.45) is 0 Å². The van der Waals surface area contributed by atoms with Crippen LogP contribution in [0.4, 0.5) is 16.4 Å². The number of nitrogens with zero attached hydrogens (tertiary/aromatic N) is 8. The number of rotatable bonds is 7. The number of nitrogens with one attached hydrogen (secondary N) is 1. The van der Waals surface area contributed by atoms with Crippen molar-refractivity contribution in [1.29, 1.82) is 5.26 Å². The molecule has 2 aliphatic heterocycles. The fourth-order valence-electron chi connectivity index (χ4n) is 4.78. The van der Waals surface area contributed by atoms with Crippen LogP contribution < -0.4 is 15.1 Å². The molecule has 0 bridgehead atoms. The molecule has 0 aliphatic carbocycles. The van der Waals surface area contributed by atoms with Gasteiger partial charge in [-0.1, -0.05) is 6.07 Å². The molecule has 5 heterocycles. The Morgan fingerprint density at radius 2 is 2.13 bits per heavy atom. The second-order valence-corrected chi connectivity index (χ2v) is 9.62. The maximum absolute atomic E-state index is 13.7. The Hall–Kier alpha value is -4.53. The first kappa shape index (κ1) is 25.1. The molecule has 3 aromatic heterocycles. The number of anilines is 2. The fourth-order valence-corrected chi connectivity index (χ4v) is 4.78. The molecule has 12 nitrogen and oxygen atoms in total. The standard InChI is InChI=1S/C26H29N9O3/c1-15(2)33(4)23-12-17-18(20(30-23)14-38-26(37)28-3)13-34(25(17)36)21-7-5-6-19(29-21)24-32-31-22-9-8-16(10-11-27)35(22)24/h5-7,12,15-16H,8-10,13-14H2,1-4H3,(H,28,37)/t16-/m1/s1. The van der Waals surface area contributed by atoms with Crippen LogP contribution in [0.3, 0.4) is 0 Å². The molecular weight excluding hydrogens is 486 g/mol. The number of aromatic nitrogens is 5. The number of ether oxygens (including phenoxy) is 1. The molecule has 0 aromatic carbocycles. The normalized spacial score (nSPS) is 15.8. The van der Waals surface area contributed by atoms with Crippen LogP contribution in [0.15, 0.2) is 24.3 Å². The van der Waals surface area contributed by atoms with Gasteiger partial charge in [0.2, 0.25) is 0 Å². The van der Waals surface area contributed by atoms with Gasteiger partial charge in [-0.15, -0.1) is 10.2 Å². The number of hydrogen-bond acceptors (Lipinski definition) is 9. The van der Waals surface area contributed by atoms with Crippen LogP contribution in [0.1, 0.15) is 60.2 Å². The van der Waals surface area contributed by atoms with Crippen LogP contribution in [0.2, 0.25) is 0 Å². The zero-order chi connectivity index (χ0) is 27.0. The lowest BCUT2D eigenvalue weighted by Gasteiger charge is -2.23. The Morgan fingerprint density at radius 1 is 1.32 bits per heavy atom. The SMILES string of the molecule is CNC(=O)OCc1nc(N(C)C(C)C)cc2c1CN(c1cccc(-c3nnc4n3[C@@H](CC#N)CC4)n1)C2=O. The van der Waals surface area contributed by atoms with Gasteiger partial charge in [-0.3, -0.25) is 9.69 Å². The van der Waals surface area contributed by atoms with Crippen LogP contribution in [0.5, 0.6) is 0 Å². The average molecular weight is 516 g/mol. The summed E-state index contributed by atoms with van der Waals surface area (Å²) in [5.41, 5.74) is 2.30. The van der Waals surface area contributed by atoms with E-state index in [0.717, 1.165) is 18.7 Å². The number of pyridine rings is 2. The monoisotopic (exact) mass is 515 g/mol. The van der Waals surface area contributed by atoms with E-state index in [4.69, 9.17) is 14.7 Å². The van der Waals surface area contributed by atoms with E-state index in [1.54, 1.807) is 17.0 Å². The first-order chi connectivity index (χ1) is 18.3. The highest BCUT2D eigenvalue weighted by atomic mass is 16.5. The van der Waals surface area contributed by atoms with Crippen LogP contribution in [0.25, 0.3) is 11.5 Å². The van der Waals surface area contributed by atoms with Crippen LogP contribution in [-0.4, -0.2) is 56.9 Å². The van der Waals surface area contributed by atoms with E-state index in [1.807, 2.05) is 42.5 Å². The summed E-state index contributed by atoms with van der Waals surface area (Å²) in [5.74, 6) is 2.30. The number of aryl methyl sites for hydroxylation is 1. The topological polar surface area (TPSA) is 142 Å². The third-order valence-electron chi connectivity index (χ3n) is 7.07. The Morgan fingerprint density at radius 3 is 2.87 bits per heavy atom. The van der Waals surface area contributed by atoms with Crippen molar-refractivity contribution in [3.63, 3.8) is 0 Å². The average Bonchev–Trinajstić information content (AvgIpc) is 3.61. The van der Waals surface area contributed by atoms with Crippen LogP contribution >= 0.6 is 0 Å². The van der Waals surface area contributed by atoms with Crippen LogP contribution in [-0.2, 0) is 24.3 Å². The molecule has 12 heteroatoms. The van der Waals surface area contributed by atoms with E-state index in [9.17, 15) is 14.9 Å². The molecule has 0 unspecified atom stereocenters. The molecule has 196 valence electrons. The molecular formula is C26H29N9O3. The number of alkyl carbamates (subject to hydrolysis) is 1. The summed E-state index contributed by atoms with van der Waals surface area (Å²) in [6.07, 6.45) is 1.40. The third-order valence-corrected chi connectivity index (χ3v) is 7.07. The first-order valence-electron chi connectivity index (χ1n) is 12.5. The molecule has 38 heavy (non-hydrogen) atoms. The van der Waals surface area contributed by atoms with Crippen LogP contribution in [0, 0.1) is 11.3 Å². The van der Waals surface area contributed by atoms with Crippen molar-refractivity contribution < 1.29 is 14.3 Å². The number of nitriles is 1. The number of carbonyl (C=O) groups is 2. The first-order valence-corrected chi connectivity index (χ1v) is 12.5. The number of fused-ring (bicyclic) bond motifs is 2. The molecule has 1 atom stereocenters. The Balaban J connectivity index is 1.50. The summed E-state index contributed by atoms with van der Waals surface area (Å²) in [7, 11) is 3.39. The highest BCUT2D eigenvalue weighted by molar-refractivity contribution is 6.10. The predicted octanol–water partition coefficient (Wildman–Crippen LogP) is 3.00. The molecule has 3 aromatic rings. The zero-order valence-corrected chi connectivity index (χ0v) is 21.8. The second kappa shape index (κ2) is 10.1. The van der Waals surface area contributed by atoms with Gasteiger partial charge in [-0.05, 0) is 38.5 Å². The van der Waals surface area contributed by atoms with Gasteiger partial charge in [0.15, 0.2) is 5.82 Å². The summed E-state index contributed by atoms with van der Waals surface area (Å²) in [4.78, 5) is 38.5. The van der Waals surface area contributed by atoms with E-state index in [1.165, 1.54) is 7.05 Å². The van der Waals surface area contributed by atoms with Gasteiger partial charge in [0.1, 0.15) is 29.8 Å². The minimum Gasteiger partial charge on any atom is -0.443 e. The maximum Gasteiger partial charge on any atom is 0.407 e. The lowest BCUT2D eigenvalue weighted by molar-refractivity contribution is 0.0996. The molecule has 0 saturated heterocycles. The van der Waals surface area contributed by atoms with Crippen molar-refractivity contribution in [2.75, 3.05) is 23.9 Å². The van der Waals surface area contributed by atoms with Crippen molar-refractivity contribution in [1.82, 2.24) is 30.0 Å². The summed E-state index contributed by atoms with van der Waals surface area (Å²) < 4.78 is 7.29. The van der Waals surface area contributed by atoms with Gasteiger partial charge in [0, 0.05) is 32.1 Å². The van der Waals surface area contributed by atoms with E-state index in [-0.39, 0.29) is 31.1 Å². The molecule has 0 fully saturated rings. The molecule has 5 rings (SSSR count). The quantitative estimate of drug-likeness (QED) is 0.502. The van der Waals surface area contributed by atoms with E-state index in [2.05, 4.69) is 21.6 Å². The summed E-state index contributed by atoms with van der Waals surface area (Å²) in [5, 5.41) is 20.3. The van der Waals surface area contributed by atoms with E-state index < -0.39 is 6.09 Å². The Kier molecular flexibility index (Phi) is 6.67. The number of hydrogen-bond donors (Lipinski definition) is 1. The Bertz CT molecular complexity index is 1440. The molecule has 2 aliphatic rings. The van der Waals surface area contributed by atoms with Gasteiger partial charge in [-0.25, -0.2) is 14.8 Å². The molecule has 0 radical (unpaired) electrons. The zero-order valence-electron chi connectivity index (χ0n) is 21.8. The number of amides is 2. The van der Waals surface area contributed by atoms with Crippen molar-refractivity contribution in [3.05, 3.63) is 46.9 Å². The van der Waals surface area contributed by atoms with Gasteiger partial charge in [0.05, 0.1) is 36.3 Å². The second-order valence-electron chi connectivity index (χ2n) is 9.62. The minimum atomic E-state index is -0.575. The van der Waals surface area contributed by atoms with Gasteiger partial charge < -0.3 is 19.5 Å². The number of carbonyl (C=O) groups excluding carboxylic acids is 2. The largest absolute Gasteiger partial charge is 0.443 e. The van der Waals surface area contributed by atoms with Crippen molar-refractivity contribution in [2.45, 2.75) is 58.3 Å². The summed E-state index contributed by atoms with van der Waals surface area (Å²) in [6, 6.07) is 9.61. The van der Waals surface area contributed by atoms with Crippen molar-refractivity contribution in [3.8, 4) is 17.6 Å². The van der Waals surface area contributed by atoms with Gasteiger partial charge >= 0.3 is 6.09 Å².